The summed E-state index contributed by atoms with van der Waals surface area (Å²) in [5.41, 5.74) is 3.02. The maximum absolute atomic E-state index is 12.5. The van der Waals surface area contributed by atoms with Gasteiger partial charge in [-0.05, 0) is 44.4 Å². The number of carbonyl (C=O) groups is 3. The van der Waals surface area contributed by atoms with Gasteiger partial charge in [-0.3, -0.25) is 9.59 Å². The number of halogens is 4. The van der Waals surface area contributed by atoms with Gasteiger partial charge in [0, 0.05) is 17.5 Å². The SMILES string of the molecule is COc1c(C)c2c(c(NC(=O)C(Cl)(Cl)Cl)c1CC=C(C)CCC(=O)Oc1ccccc1Cl)C(=O)OC2. The van der Waals surface area contributed by atoms with Crippen molar-refractivity contribution in [3.05, 3.63) is 63.2 Å². The lowest BCUT2D eigenvalue weighted by Gasteiger charge is -2.21. The topological polar surface area (TPSA) is 90.9 Å². The molecule has 0 radical (unpaired) electrons. The Morgan fingerprint density at radius 1 is 1.19 bits per heavy atom. The second-order valence-electron chi connectivity index (χ2n) is 8.05. The predicted molar refractivity (Wildman–Crippen MR) is 140 cm³/mol. The molecule has 1 amide bonds. The number of fused-ring (bicyclic) bond motifs is 1. The molecule has 1 aliphatic rings. The van der Waals surface area contributed by atoms with E-state index < -0.39 is 21.6 Å². The minimum Gasteiger partial charge on any atom is -0.496 e. The summed E-state index contributed by atoms with van der Waals surface area (Å²) >= 11 is 23.3. The van der Waals surface area contributed by atoms with Gasteiger partial charge in [0.1, 0.15) is 18.1 Å². The van der Waals surface area contributed by atoms with Crippen molar-refractivity contribution >= 4 is 69.9 Å². The predicted octanol–water partition coefficient (Wildman–Crippen LogP) is 6.51. The highest BCUT2D eigenvalue weighted by molar-refractivity contribution is 6.76. The third-order valence-electron chi connectivity index (χ3n) is 5.61. The average Bonchev–Trinajstić information content (AvgIpc) is 3.20. The summed E-state index contributed by atoms with van der Waals surface area (Å²) in [6.07, 6.45) is 2.65. The number of nitrogens with one attached hydrogen (secondary N) is 1. The van der Waals surface area contributed by atoms with Gasteiger partial charge in [-0.25, -0.2) is 4.79 Å². The summed E-state index contributed by atoms with van der Waals surface area (Å²) in [7, 11) is 1.48. The van der Waals surface area contributed by atoms with Crippen LogP contribution < -0.4 is 14.8 Å². The molecular formula is C25H23Cl4NO6. The van der Waals surface area contributed by atoms with Gasteiger partial charge in [-0.1, -0.05) is 70.2 Å². The number of cyclic esters (lactones) is 1. The number of hydrogen-bond acceptors (Lipinski definition) is 6. The summed E-state index contributed by atoms with van der Waals surface area (Å²) in [6.45, 7) is 3.68. The molecule has 0 bridgehead atoms. The molecule has 2 aromatic rings. The Morgan fingerprint density at radius 2 is 1.89 bits per heavy atom. The van der Waals surface area contributed by atoms with Crippen LogP contribution in [-0.4, -0.2) is 28.7 Å². The summed E-state index contributed by atoms with van der Waals surface area (Å²) in [4.78, 5) is 37.3. The molecule has 192 valence electrons. The van der Waals surface area contributed by atoms with Crippen LogP contribution in [-0.2, 0) is 27.4 Å². The number of anilines is 1. The molecule has 1 N–H and O–H groups in total. The van der Waals surface area contributed by atoms with Gasteiger partial charge < -0.3 is 19.5 Å². The van der Waals surface area contributed by atoms with E-state index >= 15 is 0 Å². The molecule has 0 fully saturated rings. The maximum Gasteiger partial charge on any atom is 0.341 e. The first-order chi connectivity index (χ1) is 16.9. The van der Waals surface area contributed by atoms with Crippen molar-refractivity contribution in [2.45, 2.75) is 43.5 Å². The second kappa shape index (κ2) is 11.7. The van der Waals surface area contributed by atoms with Crippen LogP contribution in [0.3, 0.4) is 0 Å². The molecule has 0 aliphatic carbocycles. The van der Waals surface area contributed by atoms with Crippen molar-refractivity contribution in [2.24, 2.45) is 0 Å². The number of allylic oxidation sites excluding steroid dienone is 2. The Balaban J connectivity index is 1.85. The zero-order valence-electron chi connectivity index (χ0n) is 19.7. The van der Waals surface area contributed by atoms with Gasteiger partial charge in [-0.15, -0.1) is 0 Å². The molecule has 7 nitrogen and oxygen atoms in total. The van der Waals surface area contributed by atoms with Crippen LogP contribution >= 0.6 is 46.4 Å². The number of ether oxygens (including phenoxy) is 3. The molecule has 36 heavy (non-hydrogen) atoms. The fourth-order valence-corrected chi connectivity index (χ4v) is 4.07. The monoisotopic (exact) mass is 573 g/mol. The smallest absolute Gasteiger partial charge is 0.341 e. The van der Waals surface area contributed by atoms with Crippen molar-refractivity contribution in [1.29, 1.82) is 0 Å². The van der Waals surface area contributed by atoms with Gasteiger partial charge >= 0.3 is 11.9 Å². The number of esters is 2. The van der Waals surface area contributed by atoms with Crippen molar-refractivity contribution in [3.63, 3.8) is 0 Å². The normalized spacial score (nSPS) is 13.2. The van der Waals surface area contributed by atoms with Crippen molar-refractivity contribution in [1.82, 2.24) is 0 Å². The van der Waals surface area contributed by atoms with E-state index in [1.165, 1.54) is 7.11 Å². The summed E-state index contributed by atoms with van der Waals surface area (Å²) in [5.74, 6) is -1.19. The van der Waals surface area contributed by atoms with E-state index in [0.717, 1.165) is 5.57 Å². The quantitative estimate of drug-likeness (QED) is 0.167. The minimum absolute atomic E-state index is 0.0374. The first-order valence-corrected chi connectivity index (χ1v) is 12.3. The number of para-hydroxylation sites is 1. The summed E-state index contributed by atoms with van der Waals surface area (Å²) in [5, 5.41) is 2.91. The van der Waals surface area contributed by atoms with E-state index in [4.69, 9.17) is 60.6 Å². The highest BCUT2D eigenvalue weighted by Gasteiger charge is 2.36. The van der Waals surface area contributed by atoms with Crippen LogP contribution in [0.25, 0.3) is 0 Å². The van der Waals surface area contributed by atoms with E-state index in [1.54, 1.807) is 31.2 Å². The van der Waals surface area contributed by atoms with Crippen LogP contribution in [0.5, 0.6) is 11.5 Å². The number of benzene rings is 2. The number of alkyl halides is 3. The second-order valence-corrected chi connectivity index (χ2v) is 10.7. The zero-order valence-corrected chi connectivity index (χ0v) is 22.7. The Labute approximate surface area is 228 Å². The van der Waals surface area contributed by atoms with Crippen LogP contribution in [0.4, 0.5) is 5.69 Å². The Bertz CT molecular complexity index is 1240. The van der Waals surface area contributed by atoms with Crippen LogP contribution in [0.1, 0.15) is 46.8 Å². The number of hydrogen-bond donors (Lipinski definition) is 1. The van der Waals surface area contributed by atoms with Gasteiger partial charge in [0.05, 0.1) is 23.4 Å². The molecule has 11 heteroatoms. The van der Waals surface area contributed by atoms with E-state index in [0.29, 0.717) is 39.6 Å². The standard InChI is InChI=1S/C25H23Cl4NO6/c1-13(9-11-19(31)36-18-7-5-4-6-17(18)26)8-10-15-21(30-24(33)25(27,28)29)20-16(12-35-23(20)32)14(2)22(15)34-3/h4-8H,9-12H2,1-3H3,(H,30,33). The minimum atomic E-state index is -2.25. The number of rotatable bonds is 8. The molecule has 0 saturated carbocycles. The highest BCUT2D eigenvalue weighted by Crippen LogP contribution is 2.42. The molecule has 3 rings (SSSR count). The summed E-state index contributed by atoms with van der Waals surface area (Å²) in [6, 6.07) is 6.71. The molecule has 0 spiro atoms. The highest BCUT2D eigenvalue weighted by atomic mass is 35.6. The third-order valence-corrected chi connectivity index (χ3v) is 6.44. The Hall–Kier alpha value is -2.45. The largest absolute Gasteiger partial charge is 0.496 e. The number of amides is 1. The maximum atomic E-state index is 12.5. The lowest BCUT2D eigenvalue weighted by molar-refractivity contribution is -0.134. The van der Waals surface area contributed by atoms with Gasteiger partial charge in [-0.2, -0.15) is 0 Å². The summed E-state index contributed by atoms with van der Waals surface area (Å²) < 4.78 is 13.9. The first-order valence-electron chi connectivity index (χ1n) is 10.8. The van der Waals surface area contributed by atoms with Crippen LogP contribution in [0.2, 0.25) is 5.02 Å². The van der Waals surface area contributed by atoms with Crippen molar-refractivity contribution in [2.75, 3.05) is 12.4 Å². The molecule has 2 aromatic carbocycles. The molecule has 0 unspecified atom stereocenters. The fraction of sp³-hybridized carbons (Fsp3) is 0.320. The molecule has 0 aromatic heterocycles. The van der Waals surface area contributed by atoms with E-state index in [9.17, 15) is 14.4 Å². The van der Waals surface area contributed by atoms with Crippen LogP contribution in [0.15, 0.2) is 35.9 Å². The van der Waals surface area contributed by atoms with Gasteiger partial charge in [0.2, 0.25) is 0 Å². The lowest BCUT2D eigenvalue weighted by Crippen LogP contribution is -2.28. The number of carbonyl (C=O) groups excluding carboxylic acids is 3. The lowest BCUT2D eigenvalue weighted by atomic mass is 9.93. The Kier molecular flexibility index (Phi) is 9.17. The van der Waals surface area contributed by atoms with E-state index in [-0.39, 0.29) is 30.7 Å². The average molecular weight is 575 g/mol. The number of methoxy groups -OCH3 is 1. The Morgan fingerprint density at radius 3 is 2.53 bits per heavy atom. The molecular weight excluding hydrogens is 552 g/mol. The van der Waals surface area contributed by atoms with E-state index in [1.807, 2.05) is 13.0 Å². The van der Waals surface area contributed by atoms with Gasteiger partial charge in [0.15, 0.2) is 0 Å². The van der Waals surface area contributed by atoms with Crippen molar-refractivity contribution < 1.29 is 28.6 Å². The fourth-order valence-electron chi connectivity index (χ4n) is 3.75. The molecule has 0 atom stereocenters. The van der Waals surface area contributed by atoms with Gasteiger partial charge in [0.25, 0.3) is 9.70 Å². The molecule has 1 aliphatic heterocycles. The van der Waals surface area contributed by atoms with Crippen molar-refractivity contribution in [3.8, 4) is 11.5 Å². The molecule has 0 saturated heterocycles. The van der Waals surface area contributed by atoms with Crippen LogP contribution in [0, 0.1) is 6.92 Å². The molecule has 1 heterocycles. The van der Waals surface area contributed by atoms with E-state index in [2.05, 4.69) is 5.32 Å². The first kappa shape index (κ1) is 28.1. The zero-order chi connectivity index (χ0) is 26.6. The third kappa shape index (κ3) is 6.45.